The molecule has 0 fully saturated rings. The van der Waals surface area contributed by atoms with Gasteiger partial charge in [0.1, 0.15) is 12.4 Å². The topological polar surface area (TPSA) is 21.3 Å². The van der Waals surface area contributed by atoms with E-state index in [0.29, 0.717) is 5.56 Å². The molecule has 1 N–H and O–H groups in total. The summed E-state index contributed by atoms with van der Waals surface area (Å²) in [7, 11) is 1.58. The van der Waals surface area contributed by atoms with Gasteiger partial charge in [0.2, 0.25) is 0 Å². The van der Waals surface area contributed by atoms with Crippen LogP contribution in [-0.2, 0) is 11.2 Å². The van der Waals surface area contributed by atoms with Gasteiger partial charge in [-0.15, -0.1) is 0 Å². The van der Waals surface area contributed by atoms with Crippen LogP contribution in [0.25, 0.3) is 0 Å². The maximum Gasteiger partial charge on any atom is 0.411 e. The second kappa shape index (κ2) is 7.07. The minimum atomic E-state index is -4.36. The van der Waals surface area contributed by atoms with E-state index in [9.17, 15) is 17.6 Å². The molecule has 0 aliphatic carbocycles. The molecule has 2 nitrogen and oxygen atoms in total. The third-order valence-corrected chi connectivity index (χ3v) is 2.71. The fraction of sp³-hybridized carbons (Fsp3) is 0.500. The average Bonchev–Trinajstić information content (AvgIpc) is 2.29. The molecule has 1 aromatic carbocycles. The molecule has 1 atom stereocenters. The van der Waals surface area contributed by atoms with Crippen molar-refractivity contribution in [3.05, 3.63) is 34.6 Å². The SMILES string of the molecule is CNC(COCC(F)(F)F)Cc1ccc(Cl)cc1F. The summed E-state index contributed by atoms with van der Waals surface area (Å²) < 4.78 is 53.9. The predicted molar refractivity (Wildman–Crippen MR) is 64.8 cm³/mol. The Bertz CT molecular complexity index is 411. The van der Waals surface area contributed by atoms with Gasteiger partial charge >= 0.3 is 6.18 Å². The summed E-state index contributed by atoms with van der Waals surface area (Å²) in [5, 5.41) is 3.06. The molecule has 0 spiro atoms. The quantitative estimate of drug-likeness (QED) is 0.815. The van der Waals surface area contributed by atoms with Crippen LogP contribution in [0, 0.1) is 5.82 Å². The predicted octanol–water partition coefficient (Wildman–Crippen LogP) is 3.19. The highest BCUT2D eigenvalue weighted by molar-refractivity contribution is 6.30. The number of nitrogens with one attached hydrogen (secondary N) is 1. The van der Waals surface area contributed by atoms with Gasteiger partial charge in [-0.1, -0.05) is 17.7 Å². The largest absolute Gasteiger partial charge is 0.411 e. The summed E-state index contributed by atoms with van der Waals surface area (Å²) >= 11 is 5.62. The van der Waals surface area contributed by atoms with Crippen molar-refractivity contribution < 1.29 is 22.3 Å². The number of hydrogen-bond acceptors (Lipinski definition) is 2. The van der Waals surface area contributed by atoms with Crippen LogP contribution in [-0.4, -0.2) is 32.5 Å². The molecule has 0 amide bonds. The Kier molecular flexibility index (Phi) is 6.03. The molecule has 1 unspecified atom stereocenters. The van der Waals surface area contributed by atoms with Crippen molar-refractivity contribution in [1.29, 1.82) is 0 Å². The number of ether oxygens (including phenoxy) is 1. The zero-order valence-electron chi connectivity index (χ0n) is 10.2. The normalized spacial score (nSPS) is 13.6. The molecule has 0 bridgehead atoms. The third kappa shape index (κ3) is 6.22. The van der Waals surface area contributed by atoms with Crippen LogP contribution in [0.3, 0.4) is 0 Å². The van der Waals surface area contributed by atoms with Gasteiger partial charge in [0.25, 0.3) is 0 Å². The smallest absolute Gasteiger partial charge is 0.370 e. The lowest BCUT2D eigenvalue weighted by atomic mass is 10.1. The zero-order chi connectivity index (χ0) is 14.5. The first-order valence-electron chi connectivity index (χ1n) is 5.57. The number of rotatable bonds is 6. The van der Waals surface area contributed by atoms with Crippen LogP contribution < -0.4 is 5.32 Å². The monoisotopic (exact) mass is 299 g/mol. The summed E-state index contributed by atoms with van der Waals surface area (Å²) in [5.41, 5.74) is 0.374. The first-order chi connectivity index (χ1) is 8.81. The van der Waals surface area contributed by atoms with Crippen molar-refractivity contribution >= 4 is 11.6 Å². The molecule has 0 aliphatic heterocycles. The van der Waals surface area contributed by atoms with Crippen LogP contribution in [0.15, 0.2) is 18.2 Å². The molecule has 0 saturated heterocycles. The van der Waals surface area contributed by atoms with Gasteiger partial charge < -0.3 is 10.1 Å². The summed E-state index contributed by atoms with van der Waals surface area (Å²) in [6.07, 6.45) is -4.14. The first-order valence-corrected chi connectivity index (χ1v) is 5.95. The van der Waals surface area contributed by atoms with Gasteiger partial charge in [0.15, 0.2) is 0 Å². The minimum Gasteiger partial charge on any atom is -0.370 e. The highest BCUT2D eigenvalue weighted by Gasteiger charge is 2.27. The van der Waals surface area contributed by atoms with Crippen molar-refractivity contribution in [2.24, 2.45) is 0 Å². The van der Waals surface area contributed by atoms with Crippen molar-refractivity contribution in [1.82, 2.24) is 5.32 Å². The molecular weight excluding hydrogens is 286 g/mol. The maximum absolute atomic E-state index is 13.5. The Morgan fingerprint density at radius 1 is 1.37 bits per heavy atom. The number of alkyl halides is 3. The van der Waals surface area contributed by atoms with Gasteiger partial charge in [0, 0.05) is 11.1 Å². The lowest BCUT2D eigenvalue weighted by Gasteiger charge is -2.17. The van der Waals surface area contributed by atoms with Crippen molar-refractivity contribution in [3.63, 3.8) is 0 Å². The van der Waals surface area contributed by atoms with Crippen molar-refractivity contribution in [2.75, 3.05) is 20.3 Å². The Labute approximate surface area is 113 Å². The second-order valence-corrected chi connectivity index (χ2v) is 4.49. The highest BCUT2D eigenvalue weighted by Crippen LogP contribution is 2.17. The molecule has 0 radical (unpaired) electrons. The Balaban J connectivity index is 2.52. The molecule has 1 aromatic rings. The second-order valence-electron chi connectivity index (χ2n) is 4.06. The van der Waals surface area contributed by atoms with Crippen LogP contribution in [0.1, 0.15) is 5.56 Å². The molecule has 108 valence electrons. The molecule has 7 heteroatoms. The van der Waals surface area contributed by atoms with Crippen LogP contribution in [0.4, 0.5) is 17.6 Å². The van der Waals surface area contributed by atoms with Crippen LogP contribution in [0.2, 0.25) is 5.02 Å². The molecule has 0 heterocycles. The van der Waals surface area contributed by atoms with E-state index in [2.05, 4.69) is 10.1 Å². The van der Waals surface area contributed by atoms with E-state index in [4.69, 9.17) is 11.6 Å². The standard InChI is InChI=1S/C12H14ClF4NO/c1-18-10(6-19-7-12(15,16)17)4-8-2-3-9(13)5-11(8)14/h2-3,5,10,18H,4,6-7H2,1H3. The lowest BCUT2D eigenvalue weighted by molar-refractivity contribution is -0.175. The van der Waals surface area contributed by atoms with E-state index in [1.54, 1.807) is 7.05 Å². The number of benzene rings is 1. The highest BCUT2D eigenvalue weighted by atomic mass is 35.5. The van der Waals surface area contributed by atoms with Gasteiger partial charge in [0.05, 0.1) is 6.61 Å². The number of halogens is 5. The minimum absolute atomic E-state index is 0.155. The summed E-state index contributed by atoms with van der Waals surface area (Å²) in [4.78, 5) is 0. The summed E-state index contributed by atoms with van der Waals surface area (Å²) in [6.45, 7) is -1.47. The van der Waals surface area contributed by atoms with E-state index in [0.717, 1.165) is 0 Å². The lowest BCUT2D eigenvalue weighted by Crippen LogP contribution is -2.34. The zero-order valence-corrected chi connectivity index (χ0v) is 11.0. The molecule has 0 saturated carbocycles. The molecule has 0 aromatic heterocycles. The van der Waals surface area contributed by atoms with E-state index >= 15 is 0 Å². The third-order valence-electron chi connectivity index (χ3n) is 2.47. The summed E-state index contributed by atoms with van der Waals surface area (Å²) in [5.74, 6) is -0.483. The molecular formula is C12H14ClF4NO. The first kappa shape index (κ1) is 16.2. The average molecular weight is 300 g/mol. The Morgan fingerprint density at radius 2 is 2.05 bits per heavy atom. The van der Waals surface area contributed by atoms with E-state index in [1.807, 2.05) is 0 Å². The van der Waals surface area contributed by atoms with Crippen LogP contribution >= 0.6 is 11.6 Å². The van der Waals surface area contributed by atoms with Gasteiger partial charge in [-0.25, -0.2) is 4.39 Å². The fourth-order valence-corrected chi connectivity index (χ4v) is 1.67. The van der Waals surface area contributed by atoms with Gasteiger partial charge in [-0.3, -0.25) is 0 Å². The van der Waals surface area contributed by atoms with Gasteiger partial charge in [-0.05, 0) is 31.2 Å². The summed E-state index contributed by atoms with van der Waals surface area (Å²) in [6, 6.07) is 3.80. The van der Waals surface area contributed by atoms with E-state index < -0.39 is 24.6 Å². The molecule has 19 heavy (non-hydrogen) atoms. The number of likely N-dealkylation sites (N-methyl/N-ethyl adjacent to an activating group) is 1. The number of hydrogen-bond donors (Lipinski definition) is 1. The Hall–Kier alpha value is -0.850. The van der Waals surface area contributed by atoms with Gasteiger partial charge in [-0.2, -0.15) is 13.2 Å². The maximum atomic E-state index is 13.5. The molecule has 0 aliphatic rings. The van der Waals surface area contributed by atoms with E-state index in [-0.39, 0.29) is 18.1 Å². The fourth-order valence-electron chi connectivity index (χ4n) is 1.51. The van der Waals surface area contributed by atoms with Crippen LogP contribution in [0.5, 0.6) is 0 Å². The van der Waals surface area contributed by atoms with E-state index in [1.165, 1.54) is 18.2 Å². The molecule has 1 rings (SSSR count). The Morgan fingerprint density at radius 3 is 2.58 bits per heavy atom. The van der Waals surface area contributed by atoms with Crippen molar-refractivity contribution in [3.8, 4) is 0 Å². The van der Waals surface area contributed by atoms with Crippen molar-refractivity contribution in [2.45, 2.75) is 18.6 Å².